The fourth-order valence-corrected chi connectivity index (χ4v) is 1.88. The van der Waals surface area contributed by atoms with Crippen molar-refractivity contribution in [1.82, 2.24) is 10.6 Å². The Kier molecular flexibility index (Phi) is 9.15. The first-order chi connectivity index (χ1) is 9.36. The smallest absolute Gasteiger partial charge is 0.315 e. The summed E-state index contributed by atoms with van der Waals surface area (Å²) in [5.74, 6) is -1.11. The number of rotatable bonds is 10. The molecule has 0 aliphatic heterocycles. The first-order valence-electron chi connectivity index (χ1n) is 6.92. The maximum atomic E-state index is 11.4. The lowest BCUT2D eigenvalue weighted by molar-refractivity contribution is -0.137. The van der Waals surface area contributed by atoms with Crippen LogP contribution in [-0.2, 0) is 9.59 Å². The van der Waals surface area contributed by atoms with E-state index in [1.807, 2.05) is 6.92 Å². The van der Waals surface area contributed by atoms with Crippen LogP contribution in [0.5, 0.6) is 0 Å². The second-order valence-electron chi connectivity index (χ2n) is 4.90. The van der Waals surface area contributed by atoms with Gasteiger partial charge in [0.2, 0.25) is 5.91 Å². The molecule has 0 spiro atoms. The molecule has 3 amide bonds. The van der Waals surface area contributed by atoms with Gasteiger partial charge in [0.25, 0.3) is 0 Å². The molecule has 0 aliphatic carbocycles. The van der Waals surface area contributed by atoms with Gasteiger partial charge in [-0.1, -0.05) is 19.8 Å². The highest BCUT2D eigenvalue weighted by Crippen LogP contribution is 2.17. The number of aliphatic carboxylic acids is 1. The lowest BCUT2D eigenvalue weighted by atomic mass is 9.94. The van der Waals surface area contributed by atoms with Gasteiger partial charge in [-0.25, -0.2) is 4.79 Å². The van der Waals surface area contributed by atoms with E-state index in [1.54, 1.807) is 0 Å². The summed E-state index contributed by atoms with van der Waals surface area (Å²) in [6, 6.07) is -1.15. The molecule has 116 valence electrons. The Morgan fingerprint density at radius 2 is 1.85 bits per heavy atom. The first-order valence-corrected chi connectivity index (χ1v) is 6.92. The minimum Gasteiger partial charge on any atom is -0.481 e. The van der Waals surface area contributed by atoms with Gasteiger partial charge in [-0.2, -0.15) is 0 Å². The van der Waals surface area contributed by atoms with Crippen molar-refractivity contribution >= 4 is 17.9 Å². The molecule has 7 nitrogen and oxygen atoms in total. The van der Waals surface area contributed by atoms with Crippen LogP contribution in [0.25, 0.3) is 0 Å². The van der Waals surface area contributed by atoms with Gasteiger partial charge in [0.1, 0.15) is 6.04 Å². The second-order valence-corrected chi connectivity index (χ2v) is 4.90. The third-order valence-corrected chi connectivity index (χ3v) is 3.08. The maximum absolute atomic E-state index is 11.4. The third kappa shape index (κ3) is 9.18. The van der Waals surface area contributed by atoms with Crippen LogP contribution in [0.4, 0.5) is 4.79 Å². The predicted molar refractivity (Wildman–Crippen MR) is 75.1 cm³/mol. The summed E-state index contributed by atoms with van der Waals surface area (Å²) in [6.45, 7) is 4.00. The summed E-state index contributed by atoms with van der Waals surface area (Å²) >= 11 is 0. The van der Waals surface area contributed by atoms with Gasteiger partial charge >= 0.3 is 12.0 Å². The highest BCUT2D eigenvalue weighted by molar-refractivity contribution is 5.85. The van der Waals surface area contributed by atoms with Crippen molar-refractivity contribution in [2.45, 2.75) is 52.0 Å². The number of carboxylic acids is 1. The van der Waals surface area contributed by atoms with Gasteiger partial charge < -0.3 is 21.5 Å². The SMILES string of the molecule is CCCC(CCNC(=O)NC(C)C(N)=O)CCC(=O)O. The highest BCUT2D eigenvalue weighted by Gasteiger charge is 2.13. The molecule has 5 N–H and O–H groups in total. The van der Waals surface area contributed by atoms with E-state index in [-0.39, 0.29) is 12.3 Å². The third-order valence-electron chi connectivity index (χ3n) is 3.08. The summed E-state index contributed by atoms with van der Waals surface area (Å²) in [4.78, 5) is 32.8. The van der Waals surface area contributed by atoms with Crippen LogP contribution in [-0.4, -0.2) is 35.6 Å². The molecule has 0 bridgehead atoms. The zero-order valence-corrected chi connectivity index (χ0v) is 12.1. The zero-order valence-electron chi connectivity index (χ0n) is 12.1. The van der Waals surface area contributed by atoms with Crippen molar-refractivity contribution < 1.29 is 19.5 Å². The number of urea groups is 1. The molecule has 0 saturated heterocycles. The van der Waals surface area contributed by atoms with E-state index in [0.717, 1.165) is 19.3 Å². The number of primary amides is 1. The van der Waals surface area contributed by atoms with Crippen LogP contribution >= 0.6 is 0 Å². The number of nitrogens with two attached hydrogens (primary N) is 1. The van der Waals surface area contributed by atoms with E-state index in [0.29, 0.717) is 13.0 Å². The van der Waals surface area contributed by atoms with E-state index < -0.39 is 23.9 Å². The standard InChI is InChI=1S/C13H25N3O4/c1-3-4-10(5-6-11(17)18)7-8-15-13(20)16-9(2)12(14)19/h9-10H,3-8H2,1-2H3,(H2,14,19)(H,17,18)(H2,15,16,20). The van der Waals surface area contributed by atoms with Gasteiger partial charge in [0.15, 0.2) is 0 Å². The molecular weight excluding hydrogens is 262 g/mol. The van der Waals surface area contributed by atoms with Gasteiger partial charge in [-0.15, -0.1) is 0 Å². The molecule has 0 heterocycles. The Balaban J connectivity index is 3.94. The van der Waals surface area contributed by atoms with Crippen molar-refractivity contribution in [1.29, 1.82) is 0 Å². The van der Waals surface area contributed by atoms with Crippen molar-refractivity contribution in [2.75, 3.05) is 6.54 Å². The molecule has 0 aromatic rings. The molecule has 7 heteroatoms. The Morgan fingerprint density at radius 3 is 2.35 bits per heavy atom. The number of carbonyl (C=O) groups is 3. The lowest BCUT2D eigenvalue weighted by Gasteiger charge is -2.16. The Bertz CT molecular complexity index is 334. The first kappa shape index (κ1) is 18.2. The largest absolute Gasteiger partial charge is 0.481 e. The minimum absolute atomic E-state index is 0.148. The quantitative estimate of drug-likeness (QED) is 0.475. The molecule has 20 heavy (non-hydrogen) atoms. The predicted octanol–water partition coefficient (Wildman–Crippen LogP) is 0.831. The van der Waals surface area contributed by atoms with E-state index in [1.165, 1.54) is 6.92 Å². The molecule has 2 atom stereocenters. The summed E-state index contributed by atoms with van der Waals surface area (Å²) in [6.07, 6.45) is 3.41. The number of amides is 3. The molecular formula is C13H25N3O4. The number of carboxylic acid groups (broad SMARTS) is 1. The van der Waals surface area contributed by atoms with Crippen molar-refractivity contribution in [3.63, 3.8) is 0 Å². The molecule has 0 saturated carbocycles. The Morgan fingerprint density at radius 1 is 1.20 bits per heavy atom. The van der Waals surface area contributed by atoms with Gasteiger partial charge in [-0.3, -0.25) is 9.59 Å². The van der Waals surface area contributed by atoms with Gasteiger partial charge in [0, 0.05) is 13.0 Å². The topological polar surface area (TPSA) is 122 Å². The number of carbonyl (C=O) groups excluding carboxylic acids is 2. The Labute approximate surface area is 119 Å². The van der Waals surface area contributed by atoms with Gasteiger partial charge in [0.05, 0.1) is 0 Å². The average Bonchev–Trinajstić information content (AvgIpc) is 2.35. The van der Waals surface area contributed by atoms with Crippen LogP contribution in [0.2, 0.25) is 0 Å². The number of nitrogens with one attached hydrogen (secondary N) is 2. The fraction of sp³-hybridized carbons (Fsp3) is 0.769. The van der Waals surface area contributed by atoms with Crippen molar-refractivity contribution in [3.05, 3.63) is 0 Å². The van der Waals surface area contributed by atoms with E-state index >= 15 is 0 Å². The summed E-state index contributed by atoms with van der Waals surface area (Å²) in [7, 11) is 0. The van der Waals surface area contributed by atoms with Crippen LogP contribution < -0.4 is 16.4 Å². The lowest BCUT2D eigenvalue weighted by Crippen LogP contribution is -2.47. The molecule has 2 unspecified atom stereocenters. The zero-order chi connectivity index (χ0) is 15.5. The van der Waals surface area contributed by atoms with Gasteiger partial charge in [-0.05, 0) is 25.7 Å². The monoisotopic (exact) mass is 287 g/mol. The molecule has 0 aromatic carbocycles. The van der Waals surface area contributed by atoms with Crippen LogP contribution in [0, 0.1) is 5.92 Å². The maximum Gasteiger partial charge on any atom is 0.315 e. The molecule has 0 fully saturated rings. The van der Waals surface area contributed by atoms with Crippen LogP contribution in [0.1, 0.15) is 46.0 Å². The van der Waals surface area contributed by atoms with E-state index in [2.05, 4.69) is 10.6 Å². The molecule has 0 rings (SSSR count). The van der Waals surface area contributed by atoms with Crippen LogP contribution in [0.3, 0.4) is 0 Å². The minimum atomic E-state index is -0.799. The van der Waals surface area contributed by atoms with Crippen LogP contribution in [0.15, 0.2) is 0 Å². The second kappa shape index (κ2) is 10.1. The number of hydrogen-bond donors (Lipinski definition) is 4. The molecule has 0 aliphatic rings. The van der Waals surface area contributed by atoms with E-state index in [9.17, 15) is 14.4 Å². The molecule has 0 radical (unpaired) electrons. The summed E-state index contributed by atoms with van der Waals surface area (Å²) in [5.41, 5.74) is 5.03. The van der Waals surface area contributed by atoms with E-state index in [4.69, 9.17) is 10.8 Å². The molecule has 0 aromatic heterocycles. The summed E-state index contributed by atoms with van der Waals surface area (Å²) in [5, 5.41) is 13.7. The Hall–Kier alpha value is -1.79. The highest BCUT2D eigenvalue weighted by atomic mass is 16.4. The normalized spacial score (nSPS) is 13.3. The van der Waals surface area contributed by atoms with Crippen molar-refractivity contribution in [2.24, 2.45) is 11.7 Å². The fourth-order valence-electron chi connectivity index (χ4n) is 1.88. The number of hydrogen-bond acceptors (Lipinski definition) is 3. The van der Waals surface area contributed by atoms with Crippen molar-refractivity contribution in [3.8, 4) is 0 Å². The summed E-state index contributed by atoms with van der Waals surface area (Å²) < 4.78 is 0. The average molecular weight is 287 g/mol.